The summed E-state index contributed by atoms with van der Waals surface area (Å²) in [7, 11) is 0.296. The van der Waals surface area contributed by atoms with Crippen LogP contribution >= 0.6 is 0 Å². The van der Waals surface area contributed by atoms with E-state index >= 15 is 0 Å². The fraction of sp³-hybridized carbons (Fsp3) is 0.533. The zero-order valence-electron chi connectivity index (χ0n) is 13.6. The molecule has 0 bridgehead atoms. The fourth-order valence-electron chi connectivity index (χ4n) is 2.39. The van der Waals surface area contributed by atoms with Gasteiger partial charge in [0.2, 0.25) is 10.0 Å². The van der Waals surface area contributed by atoms with Crippen LogP contribution in [0.25, 0.3) is 0 Å². The number of hydrogen-bond acceptors (Lipinski definition) is 4. The maximum atomic E-state index is 11.7. The highest BCUT2D eigenvalue weighted by atomic mass is 32.2. The summed E-state index contributed by atoms with van der Waals surface area (Å²) in [5, 5.41) is 6.33. The van der Waals surface area contributed by atoms with Crippen molar-refractivity contribution in [3.05, 3.63) is 29.8 Å². The van der Waals surface area contributed by atoms with Crippen LogP contribution < -0.4 is 15.4 Å². The molecule has 23 heavy (non-hydrogen) atoms. The summed E-state index contributed by atoms with van der Waals surface area (Å²) < 4.78 is 30.1. The number of aliphatic imine (C=N–C) groups is 1. The molecule has 1 aliphatic heterocycles. The van der Waals surface area contributed by atoms with Crippen LogP contribution in [-0.4, -0.2) is 58.2 Å². The number of hydrogen-bond donors (Lipinski definition) is 2. The lowest BCUT2D eigenvalue weighted by atomic mass is 10.2. The molecule has 0 unspecified atom stereocenters. The van der Waals surface area contributed by atoms with Crippen molar-refractivity contribution >= 4 is 16.0 Å². The third kappa shape index (κ3) is 5.11. The van der Waals surface area contributed by atoms with Crippen LogP contribution in [0.4, 0.5) is 0 Å². The molecule has 8 heteroatoms. The first-order chi connectivity index (χ1) is 11.0. The molecular weight excluding hydrogens is 316 g/mol. The Kier molecular flexibility index (Phi) is 6.23. The number of guanidine groups is 1. The number of nitrogens with zero attached hydrogens (tertiary/aromatic N) is 2. The van der Waals surface area contributed by atoms with Gasteiger partial charge in [0.05, 0.1) is 12.9 Å². The molecular formula is C15H24N4O3S. The van der Waals surface area contributed by atoms with Crippen LogP contribution in [0.1, 0.15) is 12.0 Å². The van der Waals surface area contributed by atoms with E-state index in [1.807, 2.05) is 24.3 Å². The lowest BCUT2D eigenvalue weighted by molar-refractivity contribution is 0.414. The minimum absolute atomic E-state index is 0.261. The predicted molar refractivity (Wildman–Crippen MR) is 91.2 cm³/mol. The fourth-order valence-corrected chi connectivity index (χ4v) is 3.92. The first-order valence-corrected chi connectivity index (χ1v) is 9.21. The Hall–Kier alpha value is -1.80. The maximum absolute atomic E-state index is 11.7. The minimum Gasteiger partial charge on any atom is -0.497 e. The van der Waals surface area contributed by atoms with Crippen molar-refractivity contribution in [2.75, 3.05) is 39.5 Å². The van der Waals surface area contributed by atoms with Gasteiger partial charge in [0.25, 0.3) is 0 Å². The first-order valence-electron chi connectivity index (χ1n) is 7.60. The molecule has 0 atom stereocenters. The van der Waals surface area contributed by atoms with Gasteiger partial charge in [0.15, 0.2) is 5.96 Å². The molecule has 0 amide bonds. The van der Waals surface area contributed by atoms with Crippen LogP contribution in [0.5, 0.6) is 5.75 Å². The van der Waals surface area contributed by atoms with E-state index in [-0.39, 0.29) is 5.75 Å². The molecule has 2 N–H and O–H groups in total. The average Bonchev–Trinajstić information content (AvgIpc) is 2.89. The van der Waals surface area contributed by atoms with Crippen molar-refractivity contribution in [3.63, 3.8) is 0 Å². The number of rotatable bonds is 6. The summed E-state index contributed by atoms with van der Waals surface area (Å²) in [5.74, 6) is 1.73. The van der Waals surface area contributed by atoms with Crippen molar-refractivity contribution in [3.8, 4) is 5.75 Å². The Balaban J connectivity index is 1.75. The van der Waals surface area contributed by atoms with Gasteiger partial charge in [0, 0.05) is 33.2 Å². The second-order valence-electron chi connectivity index (χ2n) is 5.27. The Labute approximate surface area is 137 Å². The molecule has 2 rings (SSSR count). The summed E-state index contributed by atoms with van der Waals surface area (Å²) in [6.45, 7) is 2.24. The Morgan fingerprint density at radius 2 is 2.04 bits per heavy atom. The zero-order valence-corrected chi connectivity index (χ0v) is 14.4. The minimum atomic E-state index is -3.03. The molecule has 1 saturated heterocycles. The van der Waals surface area contributed by atoms with Crippen LogP contribution in [0.2, 0.25) is 0 Å². The van der Waals surface area contributed by atoms with E-state index in [4.69, 9.17) is 4.74 Å². The van der Waals surface area contributed by atoms with E-state index in [1.165, 1.54) is 4.31 Å². The van der Waals surface area contributed by atoms with E-state index in [0.29, 0.717) is 38.6 Å². The first kappa shape index (κ1) is 17.6. The summed E-state index contributed by atoms with van der Waals surface area (Å²) in [6.07, 6.45) is 0.715. The van der Waals surface area contributed by atoms with Crippen molar-refractivity contribution in [1.29, 1.82) is 0 Å². The Morgan fingerprint density at radius 3 is 2.61 bits per heavy atom. The lowest BCUT2D eigenvalue weighted by Gasteiger charge is -2.16. The number of nitrogens with one attached hydrogen (secondary N) is 2. The van der Waals surface area contributed by atoms with Crippen LogP contribution in [0, 0.1) is 0 Å². The number of methoxy groups -OCH3 is 1. The monoisotopic (exact) mass is 340 g/mol. The SMILES string of the molecule is CN=C(NCCN1CCCS1(=O)=O)NCc1ccc(OC)cc1. The van der Waals surface area contributed by atoms with Gasteiger partial charge in [-0.15, -0.1) is 0 Å². The predicted octanol–water partition coefficient (Wildman–Crippen LogP) is 0.396. The van der Waals surface area contributed by atoms with Gasteiger partial charge in [-0.2, -0.15) is 0 Å². The van der Waals surface area contributed by atoms with Gasteiger partial charge < -0.3 is 15.4 Å². The standard InChI is InChI=1S/C15H24N4O3S/c1-16-15(17-8-10-19-9-3-11-23(19,20)21)18-12-13-4-6-14(22-2)7-5-13/h4-7H,3,8-12H2,1-2H3,(H2,16,17,18). The van der Waals surface area contributed by atoms with E-state index in [0.717, 1.165) is 11.3 Å². The van der Waals surface area contributed by atoms with E-state index in [1.54, 1.807) is 14.2 Å². The average molecular weight is 340 g/mol. The molecule has 128 valence electrons. The second-order valence-corrected chi connectivity index (χ2v) is 7.36. The highest BCUT2D eigenvalue weighted by molar-refractivity contribution is 7.89. The third-order valence-electron chi connectivity index (χ3n) is 3.70. The van der Waals surface area contributed by atoms with E-state index < -0.39 is 10.0 Å². The molecule has 1 heterocycles. The smallest absolute Gasteiger partial charge is 0.214 e. The second kappa shape index (κ2) is 8.16. The molecule has 1 fully saturated rings. The quantitative estimate of drug-likeness (QED) is 0.578. The molecule has 1 aliphatic rings. The highest BCUT2D eigenvalue weighted by Crippen LogP contribution is 2.12. The molecule has 0 radical (unpaired) electrons. The molecule has 0 aromatic heterocycles. The molecule has 7 nitrogen and oxygen atoms in total. The van der Waals surface area contributed by atoms with Gasteiger partial charge in [-0.3, -0.25) is 4.99 Å². The topological polar surface area (TPSA) is 83.0 Å². The molecule has 0 aliphatic carbocycles. The Morgan fingerprint density at radius 1 is 1.30 bits per heavy atom. The summed E-state index contributed by atoms with van der Waals surface area (Å²) in [6, 6.07) is 7.78. The van der Waals surface area contributed by atoms with Crippen LogP contribution in [0.15, 0.2) is 29.3 Å². The molecule has 0 spiro atoms. The van der Waals surface area contributed by atoms with Gasteiger partial charge in [0.1, 0.15) is 5.75 Å². The molecule has 0 saturated carbocycles. The largest absolute Gasteiger partial charge is 0.497 e. The third-order valence-corrected chi connectivity index (χ3v) is 5.66. The summed E-state index contributed by atoms with van der Waals surface area (Å²) >= 11 is 0. The van der Waals surface area contributed by atoms with Crippen molar-refractivity contribution in [1.82, 2.24) is 14.9 Å². The molecule has 1 aromatic carbocycles. The van der Waals surface area contributed by atoms with Gasteiger partial charge in [-0.25, -0.2) is 12.7 Å². The van der Waals surface area contributed by atoms with Crippen molar-refractivity contribution in [2.24, 2.45) is 4.99 Å². The number of ether oxygens (including phenoxy) is 1. The van der Waals surface area contributed by atoms with Crippen molar-refractivity contribution < 1.29 is 13.2 Å². The molecule has 1 aromatic rings. The van der Waals surface area contributed by atoms with Crippen LogP contribution in [0.3, 0.4) is 0 Å². The van der Waals surface area contributed by atoms with Gasteiger partial charge >= 0.3 is 0 Å². The number of benzene rings is 1. The van der Waals surface area contributed by atoms with Gasteiger partial charge in [-0.1, -0.05) is 12.1 Å². The van der Waals surface area contributed by atoms with E-state index in [9.17, 15) is 8.42 Å². The van der Waals surface area contributed by atoms with Gasteiger partial charge in [-0.05, 0) is 24.1 Å². The lowest BCUT2D eigenvalue weighted by Crippen LogP contribution is -2.41. The van der Waals surface area contributed by atoms with E-state index in [2.05, 4.69) is 15.6 Å². The van der Waals surface area contributed by atoms with Crippen LogP contribution in [-0.2, 0) is 16.6 Å². The summed E-state index contributed by atoms with van der Waals surface area (Å²) in [4.78, 5) is 4.14. The maximum Gasteiger partial charge on any atom is 0.214 e. The number of sulfonamides is 1. The van der Waals surface area contributed by atoms with Crippen molar-refractivity contribution in [2.45, 2.75) is 13.0 Å². The Bertz CT molecular complexity index is 629. The highest BCUT2D eigenvalue weighted by Gasteiger charge is 2.27. The summed E-state index contributed by atoms with van der Waals surface area (Å²) in [5.41, 5.74) is 1.11. The normalized spacial score (nSPS) is 17.9. The zero-order chi connectivity index (χ0) is 16.7.